The highest BCUT2D eigenvalue weighted by atomic mass is 16.2. The largest absolute Gasteiger partial charge is 0.354 e. The predicted octanol–water partition coefficient (Wildman–Crippen LogP) is 5.30. The van der Waals surface area contributed by atoms with Crippen molar-refractivity contribution in [3.05, 3.63) is 35.9 Å². The van der Waals surface area contributed by atoms with Gasteiger partial charge in [0.05, 0.1) is 0 Å². The van der Waals surface area contributed by atoms with E-state index in [1.54, 1.807) is 0 Å². The first-order valence-electron chi connectivity index (χ1n) is 19.2. The SMILES string of the molecule is CCCC(CC(=O)NC(C(=O)NCC1CC1)C(C)CC)C(Cc1ccccc1)NC(=O)C(NC(=O)C(CC(C)C)NC(=O)CC(C)C)C(C)C. The molecule has 10 nitrogen and oxygen atoms in total. The lowest BCUT2D eigenvalue weighted by atomic mass is 9.86. The van der Waals surface area contributed by atoms with Crippen molar-refractivity contribution in [3.63, 3.8) is 0 Å². The molecule has 10 heteroatoms. The van der Waals surface area contributed by atoms with Crippen molar-refractivity contribution in [2.45, 2.75) is 144 Å². The molecule has 0 spiro atoms. The maximum Gasteiger partial charge on any atom is 0.243 e. The molecule has 0 bridgehead atoms. The molecule has 5 amide bonds. The van der Waals surface area contributed by atoms with E-state index in [0.29, 0.717) is 38.1 Å². The Labute approximate surface area is 301 Å². The van der Waals surface area contributed by atoms with E-state index in [4.69, 9.17) is 0 Å². The van der Waals surface area contributed by atoms with Crippen molar-refractivity contribution >= 4 is 29.5 Å². The van der Waals surface area contributed by atoms with E-state index in [-0.39, 0.29) is 65.5 Å². The van der Waals surface area contributed by atoms with Gasteiger partial charge in [0, 0.05) is 25.4 Å². The van der Waals surface area contributed by atoms with Crippen LogP contribution in [-0.4, -0.2) is 60.2 Å². The maximum absolute atomic E-state index is 14.1. The number of hydrogen-bond acceptors (Lipinski definition) is 5. The fourth-order valence-corrected chi connectivity index (χ4v) is 6.26. The van der Waals surface area contributed by atoms with Crippen molar-refractivity contribution in [2.75, 3.05) is 6.54 Å². The number of nitrogens with one attached hydrogen (secondary N) is 5. The van der Waals surface area contributed by atoms with Crippen molar-refractivity contribution in [3.8, 4) is 0 Å². The van der Waals surface area contributed by atoms with E-state index >= 15 is 0 Å². The van der Waals surface area contributed by atoms with Crippen molar-refractivity contribution in [2.24, 2.45) is 35.5 Å². The normalized spacial score (nSPS) is 16.6. The molecule has 1 aliphatic carbocycles. The van der Waals surface area contributed by atoms with Gasteiger partial charge in [0.15, 0.2) is 0 Å². The van der Waals surface area contributed by atoms with Crippen molar-refractivity contribution in [1.82, 2.24) is 26.6 Å². The van der Waals surface area contributed by atoms with Crippen molar-refractivity contribution < 1.29 is 24.0 Å². The molecule has 0 aromatic heterocycles. The molecule has 282 valence electrons. The van der Waals surface area contributed by atoms with E-state index in [2.05, 4.69) is 33.5 Å². The highest BCUT2D eigenvalue weighted by Crippen LogP contribution is 2.27. The molecule has 6 atom stereocenters. The average molecular weight is 698 g/mol. The molecule has 6 unspecified atom stereocenters. The number of carbonyl (C=O) groups is 5. The minimum atomic E-state index is -0.849. The smallest absolute Gasteiger partial charge is 0.243 e. The highest BCUT2D eigenvalue weighted by molar-refractivity contribution is 5.92. The van der Waals surface area contributed by atoms with E-state index < -0.39 is 24.2 Å². The van der Waals surface area contributed by atoms with Crippen LogP contribution in [0.15, 0.2) is 30.3 Å². The van der Waals surface area contributed by atoms with E-state index in [0.717, 1.165) is 31.2 Å². The second kappa shape index (κ2) is 21.7. The van der Waals surface area contributed by atoms with Gasteiger partial charge in [-0.1, -0.05) is 105 Å². The first-order valence-corrected chi connectivity index (χ1v) is 19.2. The second-order valence-corrected chi connectivity index (χ2v) is 15.8. The van der Waals surface area contributed by atoms with E-state index in [9.17, 15) is 24.0 Å². The number of amides is 5. The van der Waals surface area contributed by atoms with Crippen LogP contribution in [0.5, 0.6) is 0 Å². The van der Waals surface area contributed by atoms with Crippen LogP contribution >= 0.6 is 0 Å². The molecule has 0 saturated heterocycles. The Hall–Kier alpha value is -3.43. The topological polar surface area (TPSA) is 146 Å². The highest BCUT2D eigenvalue weighted by Gasteiger charge is 2.34. The third kappa shape index (κ3) is 15.6. The lowest BCUT2D eigenvalue weighted by molar-refractivity contribution is -0.134. The van der Waals surface area contributed by atoms with Gasteiger partial charge in [0.2, 0.25) is 29.5 Å². The van der Waals surface area contributed by atoms with Gasteiger partial charge in [0.1, 0.15) is 18.1 Å². The fraction of sp³-hybridized carbons (Fsp3) is 0.725. The number of carbonyl (C=O) groups excluding carboxylic acids is 5. The Morgan fingerprint density at radius 2 is 1.36 bits per heavy atom. The lowest BCUT2D eigenvalue weighted by Crippen LogP contribution is -2.58. The Balaban J connectivity index is 2.29. The number of benzene rings is 1. The molecule has 0 heterocycles. The van der Waals surface area contributed by atoms with Gasteiger partial charge in [-0.25, -0.2) is 0 Å². The molecule has 0 aliphatic heterocycles. The molecule has 0 radical (unpaired) electrons. The minimum Gasteiger partial charge on any atom is -0.354 e. The van der Waals surface area contributed by atoms with Gasteiger partial charge in [-0.05, 0) is 73.2 Å². The Morgan fingerprint density at radius 3 is 1.90 bits per heavy atom. The predicted molar refractivity (Wildman–Crippen MR) is 200 cm³/mol. The van der Waals surface area contributed by atoms with Gasteiger partial charge in [0.25, 0.3) is 0 Å². The van der Waals surface area contributed by atoms with Crippen LogP contribution < -0.4 is 26.6 Å². The summed E-state index contributed by atoms with van der Waals surface area (Å²) in [5.74, 6) is -0.920. The summed E-state index contributed by atoms with van der Waals surface area (Å²) in [6, 6.07) is 7.21. The summed E-state index contributed by atoms with van der Waals surface area (Å²) in [6.07, 6.45) is 5.89. The van der Waals surface area contributed by atoms with Crippen LogP contribution in [0.2, 0.25) is 0 Å². The average Bonchev–Trinajstić information content (AvgIpc) is 3.88. The van der Waals surface area contributed by atoms with E-state index in [1.807, 2.05) is 85.7 Å². The first kappa shape index (κ1) is 42.7. The number of rotatable bonds is 23. The molecule has 1 saturated carbocycles. The molecular formula is C40H67N5O5. The second-order valence-electron chi connectivity index (χ2n) is 15.8. The van der Waals surface area contributed by atoms with Gasteiger partial charge in [-0.2, -0.15) is 0 Å². The maximum atomic E-state index is 14.1. The standard InChI is InChI=1S/C40H67N5O5/c1-10-15-31(23-35(47)44-37(28(9)11-2)39(49)41-24-30-18-19-30)32(22-29-16-13-12-14-17-29)43-40(50)36(27(7)8)45-38(48)33(20-25(3)4)42-34(46)21-26(5)6/h12-14,16-17,25-28,30-33,36-37H,10-11,15,18-24H2,1-9H3,(H,41,49)(H,42,46)(H,43,50)(H,44,47)(H,45,48). The zero-order valence-electron chi connectivity index (χ0n) is 32.3. The zero-order valence-corrected chi connectivity index (χ0v) is 32.3. The third-order valence-corrected chi connectivity index (χ3v) is 9.58. The van der Waals surface area contributed by atoms with Crippen LogP contribution in [-0.2, 0) is 30.4 Å². The zero-order chi connectivity index (χ0) is 37.4. The first-order chi connectivity index (χ1) is 23.6. The lowest BCUT2D eigenvalue weighted by Gasteiger charge is -2.32. The summed E-state index contributed by atoms with van der Waals surface area (Å²) in [7, 11) is 0. The summed E-state index contributed by atoms with van der Waals surface area (Å²) in [6.45, 7) is 18.3. The minimum absolute atomic E-state index is 0.0345. The molecule has 5 N–H and O–H groups in total. The van der Waals surface area contributed by atoms with Crippen LogP contribution in [0.1, 0.15) is 119 Å². The molecule has 2 rings (SSSR count). The molecule has 1 fully saturated rings. The quantitative estimate of drug-likeness (QED) is 0.106. The summed E-state index contributed by atoms with van der Waals surface area (Å²) in [5.41, 5.74) is 1.02. The molecule has 1 aromatic rings. The third-order valence-electron chi connectivity index (χ3n) is 9.58. The van der Waals surface area contributed by atoms with Gasteiger partial charge >= 0.3 is 0 Å². The van der Waals surface area contributed by atoms with Gasteiger partial charge in [-0.15, -0.1) is 0 Å². The molecule has 1 aromatic carbocycles. The van der Waals surface area contributed by atoms with Crippen molar-refractivity contribution in [1.29, 1.82) is 0 Å². The Morgan fingerprint density at radius 1 is 0.720 bits per heavy atom. The molecule has 1 aliphatic rings. The Bertz CT molecular complexity index is 1220. The van der Waals surface area contributed by atoms with Gasteiger partial charge in [-0.3, -0.25) is 24.0 Å². The van der Waals surface area contributed by atoms with E-state index in [1.165, 1.54) is 0 Å². The monoisotopic (exact) mass is 698 g/mol. The molecule has 50 heavy (non-hydrogen) atoms. The van der Waals surface area contributed by atoms with Crippen LogP contribution in [0, 0.1) is 35.5 Å². The summed E-state index contributed by atoms with van der Waals surface area (Å²) >= 11 is 0. The van der Waals surface area contributed by atoms with Crippen LogP contribution in [0.3, 0.4) is 0 Å². The fourth-order valence-electron chi connectivity index (χ4n) is 6.26. The van der Waals surface area contributed by atoms with Crippen LogP contribution in [0.25, 0.3) is 0 Å². The summed E-state index contributed by atoms with van der Waals surface area (Å²) < 4.78 is 0. The Kier molecular flexibility index (Phi) is 18.6. The van der Waals surface area contributed by atoms with Crippen LogP contribution in [0.4, 0.5) is 0 Å². The number of hydrogen-bond donors (Lipinski definition) is 5. The molecular weight excluding hydrogens is 630 g/mol. The van der Waals surface area contributed by atoms with Gasteiger partial charge < -0.3 is 26.6 Å². The summed E-state index contributed by atoms with van der Waals surface area (Å²) in [5, 5.41) is 15.2. The summed E-state index contributed by atoms with van der Waals surface area (Å²) in [4.78, 5) is 67.2.